The third-order valence-corrected chi connectivity index (χ3v) is 4.70. The Kier molecular flexibility index (Phi) is 4.82. The molecule has 0 heterocycles. The van der Waals surface area contributed by atoms with Gasteiger partial charge in [0.05, 0.1) is 10.3 Å². The third kappa shape index (κ3) is 3.53. The van der Waals surface area contributed by atoms with Crippen molar-refractivity contribution in [2.45, 2.75) is 32.1 Å². The predicted molar refractivity (Wildman–Crippen MR) is 82.4 cm³/mol. The van der Waals surface area contributed by atoms with Gasteiger partial charge in [0, 0.05) is 28.8 Å². The molecule has 6 nitrogen and oxygen atoms in total. The normalized spacial score (nSPS) is 17.2. The highest BCUT2D eigenvalue weighted by Gasteiger charge is 2.39. The first-order chi connectivity index (χ1) is 9.94. The summed E-state index contributed by atoms with van der Waals surface area (Å²) in [5, 5.41) is 23.3. The molecule has 0 atom stereocenters. The van der Waals surface area contributed by atoms with Crippen LogP contribution in [0.2, 0.25) is 0 Å². The lowest BCUT2D eigenvalue weighted by molar-refractivity contribution is -0.384. The summed E-state index contributed by atoms with van der Waals surface area (Å²) in [5.74, 6) is -0.771. The molecule has 1 aromatic carbocycles. The van der Waals surface area contributed by atoms with E-state index in [4.69, 9.17) is 0 Å². The Morgan fingerprint density at radius 2 is 2.05 bits per heavy atom. The molecule has 0 saturated heterocycles. The fourth-order valence-electron chi connectivity index (χ4n) is 2.72. The van der Waals surface area contributed by atoms with Crippen LogP contribution in [0.1, 0.15) is 32.1 Å². The number of nitrogens with zero attached hydrogens (tertiary/aromatic N) is 1. The van der Waals surface area contributed by atoms with Crippen LogP contribution in [0.3, 0.4) is 0 Å². The third-order valence-electron chi connectivity index (χ3n) is 4.05. The number of anilines is 1. The van der Waals surface area contributed by atoms with Gasteiger partial charge in [-0.05, 0) is 34.8 Å². The minimum Gasteiger partial charge on any atom is -0.481 e. The summed E-state index contributed by atoms with van der Waals surface area (Å²) < 4.78 is 0.563. The van der Waals surface area contributed by atoms with E-state index in [0.29, 0.717) is 29.5 Å². The molecule has 114 valence electrons. The van der Waals surface area contributed by atoms with Gasteiger partial charge in [0.1, 0.15) is 0 Å². The number of aliphatic carboxylic acids is 1. The molecule has 2 N–H and O–H groups in total. The molecule has 2 rings (SSSR count). The summed E-state index contributed by atoms with van der Waals surface area (Å²) in [6, 6.07) is 4.42. The maximum absolute atomic E-state index is 11.6. The van der Waals surface area contributed by atoms with Crippen molar-refractivity contribution in [2.24, 2.45) is 5.41 Å². The summed E-state index contributed by atoms with van der Waals surface area (Å²) >= 11 is 3.28. The number of carbonyl (C=O) groups is 1. The number of halogens is 1. The lowest BCUT2D eigenvalue weighted by atomic mass is 9.74. The first-order valence-corrected chi connectivity index (χ1v) is 7.65. The monoisotopic (exact) mass is 356 g/mol. The van der Waals surface area contributed by atoms with Crippen LogP contribution in [0.15, 0.2) is 22.7 Å². The number of nitrogens with one attached hydrogen (secondary N) is 1. The number of nitro benzene ring substituents is 1. The lowest BCUT2D eigenvalue weighted by Crippen LogP contribution is -2.39. The van der Waals surface area contributed by atoms with Crippen molar-refractivity contribution in [2.75, 3.05) is 11.9 Å². The van der Waals surface area contributed by atoms with Crippen LogP contribution in [-0.4, -0.2) is 22.5 Å². The van der Waals surface area contributed by atoms with E-state index >= 15 is 0 Å². The van der Waals surface area contributed by atoms with Gasteiger partial charge in [-0.1, -0.05) is 19.3 Å². The largest absolute Gasteiger partial charge is 0.481 e. The van der Waals surface area contributed by atoms with Gasteiger partial charge in [-0.2, -0.15) is 0 Å². The van der Waals surface area contributed by atoms with E-state index in [0.717, 1.165) is 19.3 Å². The number of non-ortho nitro benzene ring substituents is 1. The molecule has 0 radical (unpaired) electrons. The molecule has 0 unspecified atom stereocenters. The molecule has 0 aromatic heterocycles. The Balaban J connectivity index is 2.11. The molecule has 21 heavy (non-hydrogen) atoms. The summed E-state index contributed by atoms with van der Waals surface area (Å²) in [6.45, 7) is 0.332. The maximum atomic E-state index is 11.6. The molecule has 0 amide bonds. The van der Waals surface area contributed by atoms with E-state index in [2.05, 4.69) is 21.2 Å². The van der Waals surface area contributed by atoms with Crippen LogP contribution < -0.4 is 5.32 Å². The second-order valence-corrected chi connectivity index (χ2v) is 6.28. The Bertz CT molecular complexity index is 556. The molecule has 0 spiro atoms. The highest BCUT2D eigenvalue weighted by Crippen LogP contribution is 2.37. The quantitative estimate of drug-likeness (QED) is 0.618. The number of carboxylic acid groups (broad SMARTS) is 1. The molecule has 1 aliphatic carbocycles. The van der Waals surface area contributed by atoms with Gasteiger partial charge in [0.25, 0.3) is 5.69 Å². The van der Waals surface area contributed by atoms with Crippen molar-refractivity contribution in [1.29, 1.82) is 0 Å². The van der Waals surface area contributed by atoms with Crippen molar-refractivity contribution in [1.82, 2.24) is 0 Å². The van der Waals surface area contributed by atoms with E-state index in [1.165, 1.54) is 12.1 Å². The van der Waals surface area contributed by atoms with Gasteiger partial charge < -0.3 is 10.4 Å². The van der Waals surface area contributed by atoms with Crippen molar-refractivity contribution in [3.63, 3.8) is 0 Å². The van der Waals surface area contributed by atoms with Crippen LogP contribution in [0, 0.1) is 15.5 Å². The van der Waals surface area contributed by atoms with Crippen molar-refractivity contribution in [3.05, 3.63) is 32.8 Å². The van der Waals surface area contributed by atoms with Gasteiger partial charge in [-0.25, -0.2) is 0 Å². The first-order valence-electron chi connectivity index (χ1n) is 6.86. The molecular weight excluding hydrogens is 340 g/mol. The molecule has 7 heteroatoms. The number of carboxylic acids is 1. The van der Waals surface area contributed by atoms with Crippen molar-refractivity contribution < 1.29 is 14.8 Å². The van der Waals surface area contributed by atoms with Crippen LogP contribution >= 0.6 is 15.9 Å². The zero-order valence-electron chi connectivity index (χ0n) is 11.5. The smallest absolute Gasteiger partial charge is 0.311 e. The standard InChI is InChI=1S/C14H17BrN2O4/c15-11-8-10(17(20)21)4-5-12(11)16-9-14(13(18)19)6-2-1-3-7-14/h4-5,8,16H,1-3,6-7,9H2,(H,18,19). The zero-order valence-corrected chi connectivity index (χ0v) is 13.1. The highest BCUT2D eigenvalue weighted by molar-refractivity contribution is 9.10. The van der Waals surface area contributed by atoms with Gasteiger partial charge >= 0.3 is 5.97 Å². The van der Waals surface area contributed by atoms with Crippen LogP contribution in [0.25, 0.3) is 0 Å². The zero-order chi connectivity index (χ0) is 15.5. The SMILES string of the molecule is O=C(O)C1(CNc2ccc([N+](=O)[O-])cc2Br)CCCCC1. The summed E-state index contributed by atoms with van der Waals surface area (Å²) in [5.41, 5.74) is -0.0655. The average molecular weight is 357 g/mol. The first kappa shape index (κ1) is 15.8. The maximum Gasteiger partial charge on any atom is 0.311 e. The highest BCUT2D eigenvalue weighted by atomic mass is 79.9. The second-order valence-electron chi connectivity index (χ2n) is 5.42. The van der Waals surface area contributed by atoms with E-state index in [9.17, 15) is 20.0 Å². The molecular formula is C14H17BrN2O4. The predicted octanol–water partition coefficient (Wildman–Crippen LogP) is 3.80. The molecule has 1 aliphatic rings. The summed E-state index contributed by atoms with van der Waals surface area (Å²) in [6.07, 6.45) is 4.26. The van der Waals surface area contributed by atoms with Gasteiger partial charge in [-0.15, -0.1) is 0 Å². The fraction of sp³-hybridized carbons (Fsp3) is 0.500. The Morgan fingerprint density at radius 3 is 2.57 bits per heavy atom. The second kappa shape index (κ2) is 6.43. The Hall–Kier alpha value is -1.63. The summed E-state index contributed by atoms with van der Waals surface area (Å²) in [7, 11) is 0. The average Bonchev–Trinajstić information content (AvgIpc) is 2.46. The van der Waals surface area contributed by atoms with E-state index in [-0.39, 0.29) is 5.69 Å². The minimum atomic E-state index is -0.771. The number of nitro groups is 1. The number of rotatable bonds is 5. The lowest BCUT2D eigenvalue weighted by Gasteiger charge is -2.33. The minimum absolute atomic E-state index is 0.00182. The van der Waals surface area contributed by atoms with E-state index in [1.807, 2.05) is 0 Å². The molecule has 1 aromatic rings. The van der Waals surface area contributed by atoms with Gasteiger partial charge in [-0.3, -0.25) is 14.9 Å². The van der Waals surface area contributed by atoms with Crippen LogP contribution in [0.4, 0.5) is 11.4 Å². The van der Waals surface area contributed by atoms with Gasteiger partial charge in [0.2, 0.25) is 0 Å². The summed E-state index contributed by atoms with van der Waals surface area (Å²) in [4.78, 5) is 21.8. The van der Waals surface area contributed by atoms with Crippen LogP contribution in [-0.2, 0) is 4.79 Å². The van der Waals surface area contributed by atoms with Crippen LogP contribution in [0.5, 0.6) is 0 Å². The topological polar surface area (TPSA) is 92.5 Å². The van der Waals surface area contributed by atoms with E-state index < -0.39 is 16.3 Å². The Morgan fingerprint density at radius 1 is 1.38 bits per heavy atom. The number of hydrogen-bond acceptors (Lipinski definition) is 4. The van der Waals surface area contributed by atoms with Crippen molar-refractivity contribution >= 4 is 33.3 Å². The molecule has 1 saturated carbocycles. The van der Waals surface area contributed by atoms with Crippen molar-refractivity contribution in [3.8, 4) is 0 Å². The van der Waals surface area contributed by atoms with Gasteiger partial charge in [0.15, 0.2) is 0 Å². The number of hydrogen-bond donors (Lipinski definition) is 2. The molecule has 0 bridgehead atoms. The van der Waals surface area contributed by atoms with E-state index in [1.54, 1.807) is 6.07 Å². The fourth-order valence-corrected chi connectivity index (χ4v) is 3.23. The molecule has 1 fully saturated rings. The molecule has 0 aliphatic heterocycles. The Labute approximate surface area is 130 Å². The number of benzene rings is 1.